The molecule has 0 aliphatic carbocycles. The first kappa shape index (κ1) is 7010. The minimum atomic E-state index is 0. The van der Waals surface area contributed by atoms with Crippen LogP contribution in [0.2, 0.25) is 0 Å². The maximum atomic E-state index is 0. The van der Waals surface area contributed by atoms with E-state index in [1.165, 1.54) is 0 Å². The Morgan fingerprint density at radius 2 is 0.114 bits per heavy atom. The third-order valence-electron chi connectivity index (χ3n) is 0. The summed E-state index contributed by atoms with van der Waals surface area (Å²) >= 11 is 0. The summed E-state index contributed by atoms with van der Waals surface area (Å²) in [6, 6.07) is 0. The molecule has 0 saturated heterocycles. The molecule has 0 radical (unpaired) electrons. The molecule has 0 heterocycles. The molecule has 0 spiro atoms. The number of rotatable bonds is 0. The van der Waals surface area contributed by atoms with E-state index < -0.39 is 0 Å². The molecule has 28 nitrogen and oxygen atoms in total. The molecular weight excluding hydrogens is 863 g/mol. The van der Waals surface area contributed by atoms with Crippen LogP contribution < -0.4 is 49.6 Å². The molecule has 0 bridgehead atoms. The van der Waals surface area contributed by atoms with E-state index in [9.17, 15) is 0 Å². The van der Waals surface area contributed by atoms with E-state index in [1.54, 1.807) is 0 Å². The molecule has 256 valence electrons. The van der Waals surface area contributed by atoms with Crippen molar-refractivity contribution in [2.45, 2.75) is 0 Å². The van der Waals surface area contributed by atoms with E-state index in [4.69, 9.17) is 0 Å². The fourth-order valence-electron chi connectivity index (χ4n) is 0. The predicted molar refractivity (Wildman–Crippen MR) is 89.5 cm³/mol. The summed E-state index contributed by atoms with van der Waals surface area (Å²) in [5, 5.41) is 0. The Bertz CT molecular complexity index is 32.2. The molecule has 0 aromatic rings. The van der Waals surface area contributed by atoms with Crippen LogP contribution in [0, 0.1) is 0 Å². The average molecular weight is 912 g/mol. The Hall–Kier alpha value is 2.69. The SMILES string of the molecule is O.O.O.O.O.O.O.O.O.O.O.O.O.O.O.O.O.O.O.O.O.O.O.O.[Cl-].[Cl-].[Cl-].[Cl-].[O-2].[O-2].[O-2].[O-2].[Zr+4].[Zr+4].[Zr+4]. The van der Waals surface area contributed by atoms with E-state index in [2.05, 4.69) is 0 Å². The molecule has 0 aliphatic heterocycles. The van der Waals surface area contributed by atoms with Gasteiger partial charge in [0.15, 0.2) is 0 Å². The summed E-state index contributed by atoms with van der Waals surface area (Å²) in [7, 11) is 0. The van der Waals surface area contributed by atoms with Gasteiger partial charge >= 0.3 is 78.6 Å². The third-order valence-corrected chi connectivity index (χ3v) is 0. The van der Waals surface area contributed by atoms with Crippen LogP contribution in [0.5, 0.6) is 0 Å². The van der Waals surface area contributed by atoms with Crippen LogP contribution in [0.15, 0.2) is 0 Å². The van der Waals surface area contributed by atoms with Crippen molar-refractivity contribution >= 4 is 0 Å². The first-order valence-corrected chi connectivity index (χ1v) is 0. The fraction of sp³-hybridized carbons (Fsp3) is 0. The standard InChI is InChI=1S/4ClH.24H2O.4O.3Zr/h4*1H;24*1H2;;;;;;;/q;;;;;;;;;;;;;;;;;;;;;;;;;;;;4*-2;3*+4/p-4. The molecule has 35 heteroatoms. The molecule has 0 atom stereocenters. The normalized spacial score (nSPS) is 0. The minimum Gasteiger partial charge on any atom is -2.00 e. The first-order chi connectivity index (χ1) is 0. The Labute approximate surface area is 279 Å². The zero-order chi connectivity index (χ0) is 0. The van der Waals surface area contributed by atoms with Crippen LogP contribution in [-0.2, 0) is 101 Å². The van der Waals surface area contributed by atoms with Gasteiger partial charge in [0.1, 0.15) is 0 Å². The van der Waals surface area contributed by atoms with Gasteiger partial charge in [-0.1, -0.05) is 0 Å². The summed E-state index contributed by atoms with van der Waals surface area (Å²) in [6.07, 6.45) is 0. The Morgan fingerprint density at radius 3 is 0.114 bits per heavy atom. The van der Waals surface area contributed by atoms with Gasteiger partial charge in [-0.25, -0.2) is 0 Å². The average Bonchev–Trinajstić information content (AvgIpc) is 0. The van der Waals surface area contributed by atoms with Crippen molar-refractivity contribution in [1.29, 1.82) is 0 Å². The summed E-state index contributed by atoms with van der Waals surface area (Å²) < 4.78 is 0. The first-order valence-electron chi connectivity index (χ1n) is 0. The van der Waals surface area contributed by atoms with Gasteiger partial charge in [0.25, 0.3) is 0 Å². The van der Waals surface area contributed by atoms with Crippen molar-refractivity contribution in [3.8, 4) is 0 Å². The van der Waals surface area contributed by atoms with E-state index in [0.29, 0.717) is 0 Å². The summed E-state index contributed by atoms with van der Waals surface area (Å²) in [6.45, 7) is 0. The summed E-state index contributed by atoms with van der Waals surface area (Å²) in [5.74, 6) is 0. The Balaban J connectivity index is 0. The Morgan fingerprint density at radius 1 is 0.114 bits per heavy atom. The van der Waals surface area contributed by atoms with Gasteiger partial charge in [0.05, 0.1) is 0 Å². The van der Waals surface area contributed by atoms with Crippen molar-refractivity contribution in [2.24, 2.45) is 0 Å². The van der Waals surface area contributed by atoms with Gasteiger partial charge < -0.3 is 203 Å². The van der Waals surface area contributed by atoms with Gasteiger partial charge in [-0.05, 0) is 0 Å². The van der Waals surface area contributed by atoms with Crippen LogP contribution in [0.1, 0.15) is 0 Å². The maximum absolute atomic E-state index is 0. The van der Waals surface area contributed by atoms with Gasteiger partial charge in [0, 0.05) is 0 Å². The molecule has 0 rings (SSSR count). The van der Waals surface area contributed by atoms with Crippen LogP contribution in [0.4, 0.5) is 0 Å². The van der Waals surface area contributed by atoms with Crippen LogP contribution >= 0.6 is 0 Å². The van der Waals surface area contributed by atoms with Crippen molar-refractivity contribution in [1.82, 2.24) is 0 Å². The van der Waals surface area contributed by atoms with Crippen LogP contribution in [-0.4, -0.2) is 131 Å². The number of hydrogen-bond acceptors (Lipinski definition) is 0. The maximum Gasteiger partial charge on any atom is 4.00 e. The van der Waals surface area contributed by atoms with Crippen LogP contribution in [0.3, 0.4) is 0 Å². The number of halogens is 4. The predicted octanol–water partition coefficient (Wildman–Crippen LogP) is -32.3. The molecule has 0 fully saturated rings. The second kappa shape index (κ2) is 6460. The number of hydrogen-bond donors (Lipinski definition) is 0. The third kappa shape index (κ3) is 6100. The smallest absolute Gasteiger partial charge is 2.00 e. The fourth-order valence-corrected chi connectivity index (χ4v) is 0. The zero-order valence-electron chi connectivity index (χ0n) is 16.6. The van der Waals surface area contributed by atoms with Crippen molar-refractivity contribution in [3.05, 3.63) is 0 Å². The van der Waals surface area contributed by atoms with Gasteiger partial charge in [0.2, 0.25) is 0 Å². The van der Waals surface area contributed by atoms with E-state index in [-0.39, 0.29) is 282 Å². The monoisotopic (exact) mass is 906 g/mol. The summed E-state index contributed by atoms with van der Waals surface area (Å²) in [5.41, 5.74) is 0. The van der Waals surface area contributed by atoms with Gasteiger partial charge in [-0.15, -0.1) is 0 Å². The molecule has 0 aliphatic rings. The second-order valence-corrected chi connectivity index (χ2v) is 0. The van der Waals surface area contributed by atoms with Crippen molar-refractivity contribution in [3.63, 3.8) is 0 Å². The molecule has 0 unspecified atom stereocenters. The quantitative estimate of drug-likeness (QED) is 0.219. The van der Waals surface area contributed by atoms with E-state index >= 15 is 0 Å². The Kier molecular flexibility index (Phi) is 1290000. The zero-order valence-corrected chi connectivity index (χ0v) is 27.0. The van der Waals surface area contributed by atoms with Gasteiger partial charge in [-0.3, -0.25) is 0 Å². The van der Waals surface area contributed by atoms with Gasteiger partial charge in [-0.2, -0.15) is 0 Å². The molecule has 0 aromatic heterocycles. The molecule has 48 N–H and O–H groups in total. The van der Waals surface area contributed by atoms with Crippen LogP contribution in [0.25, 0.3) is 0 Å². The van der Waals surface area contributed by atoms with Crippen molar-refractivity contribution in [2.75, 3.05) is 0 Å². The second-order valence-electron chi connectivity index (χ2n) is 0. The summed E-state index contributed by atoms with van der Waals surface area (Å²) in [4.78, 5) is 0. The van der Waals surface area contributed by atoms with E-state index in [1.807, 2.05) is 0 Å². The molecule has 35 heavy (non-hydrogen) atoms. The topological polar surface area (TPSA) is 870 Å². The molecule has 0 aromatic carbocycles. The molecule has 0 amide bonds. The molecular formula is H48Cl4O28Zr3. The molecule has 0 saturated carbocycles. The van der Waals surface area contributed by atoms with E-state index in [0.717, 1.165) is 0 Å². The van der Waals surface area contributed by atoms with Crippen molar-refractivity contribution < 1.29 is 282 Å². The minimum absolute atomic E-state index is 0. The largest absolute Gasteiger partial charge is 4.00 e.